The highest BCUT2D eigenvalue weighted by Gasteiger charge is 2.21. The van der Waals surface area contributed by atoms with Gasteiger partial charge >= 0.3 is 5.97 Å². The number of carbonyl (C=O) groups is 2. The number of amides is 1. The number of hydrogen-bond acceptors (Lipinski definition) is 5. The fourth-order valence-corrected chi connectivity index (χ4v) is 2.55. The Kier molecular flexibility index (Phi) is 5.85. The van der Waals surface area contributed by atoms with Gasteiger partial charge in [-0.15, -0.1) is 0 Å². The van der Waals surface area contributed by atoms with E-state index in [1.54, 1.807) is 14.0 Å². The summed E-state index contributed by atoms with van der Waals surface area (Å²) in [6.07, 6.45) is 3.20. The number of rotatable bonds is 8. The molecule has 0 unspecified atom stereocenters. The average Bonchev–Trinajstić information content (AvgIpc) is 2.82. The van der Waals surface area contributed by atoms with Gasteiger partial charge in [0.15, 0.2) is 5.03 Å². The molecule has 9 nitrogen and oxygen atoms in total. The smallest absolute Gasteiger partial charge is 0.323 e. The van der Waals surface area contributed by atoms with Crippen LogP contribution in [-0.4, -0.2) is 59.5 Å². The van der Waals surface area contributed by atoms with Crippen LogP contribution in [0.15, 0.2) is 17.6 Å². The Balaban J connectivity index is 2.67. The van der Waals surface area contributed by atoms with E-state index < -0.39 is 35.0 Å². The minimum atomic E-state index is -3.89. The SMILES string of the molecule is CCCN(CC(=O)O)C(=O)CNS(=O)(=O)c1cn(C)cn1. The average molecular weight is 318 g/mol. The van der Waals surface area contributed by atoms with Crippen molar-refractivity contribution in [2.24, 2.45) is 7.05 Å². The molecule has 1 rings (SSSR count). The second-order valence-corrected chi connectivity index (χ2v) is 6.12. The second-order valence-electron chi connectivity index (χ2n) is 4.41. The molecule has 0 bridgehead atoms. The van der Waals surface area contributed by atoms with Gasteiger partial charge in [-0.05, 0) is 6.42 Å². The maximum absolute atomic E-state index is 11.9. The third-order valence-corrected chi connectivity index (χ3v) is 3.83. The van der Waals surface area contributed by atoms with Crippen LogP contribution in [0.25, 0.3) is 0 Å². The summed E-state index contributed by atoms with van der Waals surface area (Å²) in [5.74, 6) is -1.75. The number of carboxylic acids is 1. The largest absolute Gasteiger partial charge is 0.480 e. The zero-order valence-electron chi connectivity index (χ0n) is 11.8. The Hall–Kier alpha value is -1.94. The van der Waals surface area contributed by atoms with Gasteiger partial charge in [0, 0.05) is 19.8 Å². The van der Waals surface area contributed by atoms with Gasteiger partial charge in [-0.1, -0.05) is 6.92 Å². The molecular weight excluding hydrogens is 300 g/mol. The minimum absolute atomic E-state index is 0.196. The number of carbonyl (C=O) groups excluding carboxylic acids is 1. The van der Waals surface area contributed by atoms with Gasteiger partial charge in [0.05, 0.1) is 12.9 Å². The number of nitrogens with zero attached hydrogens (tertiary/aromatic N) is 3. The predicted molar refractivity (Wildman–Crippen MR) is 72.9 cm³/mol. The number of aliphatic carboxylic acids is 1. The number of hydrogen-bond donors (Lipinski definition) is 2. The molecule has 0 aliphatic carbocycles. The first-order chi connectivity index (χ1) is 9.76. The van der Waals surface area contributed by atoms with Crippen molar-refractivity contribution in [3.63, 3.8) is 0 Å². The van der Waals surface area contributed by atoms with Crippen molar-refractivity contribution in [3.05, 3.63) is 12.5 Å². The molecule has 10 heteroatoms. The van der Waals surface area contributed by atoms with Gasteiger partial charge in [0.1, 0.15) is 6.54 Å². The molecule has 0 saturated heterocycles. The molecule has 118 valence electrons. The van der Waals surface area contributed by atoms with Crippen molar-refractivity contribution in [1.82, 2.24) is 19.2 Å². The van der Waals surface area contributed by atoms with Crippen molar-refractivity contribution in [2.75, 3.05) is 19.6 Å². The summed E-state index contributed by atoms with van der Waals surface area (Å²) in [6, 6.07) is 0. The van der Waals surface area contributed by atoms with Crippen molar-refractivity contribution < 1.29 is 23.1 Å². The highest BCUT2D eigenvalue weighted by molar-refractivity contribution is 7.89. The second kappa shape index (κ2) is 7.18. The van der Waals surface area contributed by atoms with Crippen LogP contribution in [0.3, 0.4) is 0 Å². The lowest BCUT2D eigenvalue weighted by molar-refractivity contribution is -0.144. The van der Waals surface area contributed by atoms with Crippen LogP contribution in [0.2, 0.25) is 0 Å². The maximum atomic E-state index is 11.9. The van der Waals surface area contributed by atoms with Crippen LogP contribution in [-0.2, 0) is 26.7 Å². The van der Waals surface area contributed by atoms with Crippen molar-refractivity contribution in [3.8, 4) is 0 Å². The molecule has 0 saturated carbocycles. The van der Waals surface area contributed by atoms with E-state index in [1.165, 1.54) is 17.1 Å². The van der Waals surface area contributed by atoms with Gasteiger partial charge in [0.2, 0.25) is 5.91 Å². The Morgan fingerprint density at radius 1 is 1.48 bits per heavy atom. The first kappa shape index (κ1) is 17.1. The third-order valence-electron chi connectivity index (χ3n) is 2.54. The fourth-order valence-electron chi connectivity index (χ4n) is 1.60. The van der Waals surface area contributed by atoms with Gasteiger partial charge in [-0.25, -0.2) is 18.1 Å². The molecule has 0 aliphatic rings. The Morgan fingerprint density at radius 3 is 2.62 bits per heavy atom. The summed E-state index contributed by atoms with van der Waals surface area (Å²) in [5, 5.41) is 8.53. The molecule has 21 heavy (non-hydrogen) atoms. The Labute approximate surface area is 122 Å². The van der Waals surface area contributed by atoms with Crippen LogP contribution in [0.5, 0.6) is 0 Å². The first-order valence-electron chi connectivity index (χ1n) is 6.23. The number of aryl methyl sites for hydroxylation is 1. The normalized spacial score (nSPS) is 11.3. The molecule has 1 heterocycles. The summed E-state index contributed by atoms with van der Waals surface area (Å²) in [6.45, 7) is 1.07. The van der Waals surface area contributed by atoms with E-state index in [0.29, 0.717) is 6.42 Å². The van der Waals surface area contributed by atoms with Crippen LogP contribution in [0, 0.1) is 0 Å². The number of imidazole rings is 1. The maximum Gasteiger partial charge on any atom is 0.323 e. The molecule has 0 aliphatic heterocycles. The van der Waals surface area contributed by atoms with E-state index in [2.05, 4.69) is 9.71 Å². The van der Waals surface area contributed by atoms with E-state index in [4.69, 9.17) is 5.11 Å². The van der Waals surface area contributed by atoms with E-state index in [0.717, 1.165) is 4.90 Å². The number of nitrogens with one attached hydrogen (secondary N) is 1. The van der Waals surface area contributed by atoms with Gasteiger partial charge in [-0.3, -0.25) is 9.59 Å². The Bertz CT molecular complexity index is 610. The summed E-state index contributed by atoms with van der Waals surface area (Å²) in [5.41, 5.74) is 0. The molecular formula is C11H18N4O5S. The molecule has 0 atom stereocenters. The topological polar surface area (TPSA) is 122 Å². The lowest BCUT2D eigenvalue weighted by Gasteiger charge is -2.19. The lowest BCUT2D eigenvalue weighted by atomic mass is 10.4. The molecule has 1 aromatic rings. The van der Waals surface area contributed by atoms with E-state index in [9.17, 15) is 18.0 Å². The van der Waals surface area contributed by atoms with Crippen molar-refractivity contribution >= 4 is 21.9 Å². The van der Waals surface area contributed by atoms with Crippen molar-refractivity contribution in [1.29, 1.82) is 0 Å². The Morgan fingerprint density at radius 2 is 2.14 bits per heavy atom. The highest BCUT2D eigenvalue weighted by atomic mass is 32.2. The van der Waals surface area contributed by atoms with Crippen LogP contribution in [0.1, 0.15) is 13.3 Å². The third kappa shape index (κ3) is 5.16. The quantitative estimate of drug-likeness (QED) is 0.635. The summed E-state index contributed by atoms with van der Waals surface area (Å²) in [7, 11) is -2.27. The van der Waals surface area contributed by atoms with Crippen LogP contribution < -0.4 is 4.72 Å². The standard InChI is InChI=1S/C11H18N4O5S/c1-3-4-15(7-11(17)18)10(16)5-13-21(19,20)9-6-14(2)8-12-9/h6,8,13H,3-5,7H2,1-2H3,(H,17,18). The van der Waals surface area contributed by atoms with E-state index in [1.807, 2.05) is 0 Å². The minimum Gasteiger partial charge on any atom is -0.480 e. The molecule has 2 N–H and O–H groups in total. The number of carboxylic acid groups (broad SMARTS) is 1. The molecule has 1 aromatic heterocycles. The monoisotopic (exact) mass is 318 g/mol. The molecule has 0 aromatic carbocycles. The lowest BCUT2D eigenvalue weighted by Crippen LogP contribution is -2.42. The zero-order valence-corrected chi connectivity index (χ0v) is 12.6. The van der Waals surface area contributed by atoms with Crippen LogP contribution in [0.4, 0.5) is 0 Å². The van der Waals surface area contributed by atoms with E-state index in [-0.39, 0.29) is 11.6 Å². The summed E-state index contributed by atoms with van der Waals surface area (Å²) >= 11 is 0. The highest BCUT2D eigenvalue weighted by Crippen LogP contribution is 2.03. The molecule has 0 radical (unpaired) electrons. The predicted octanol–water partition coefficient (Wildman–Crippen LogP) is -0.978. The first-order valence-corrected chi connectivity index (χ1v) is 7.71. The number of sulfonamides is 1. The number of aromatic nitrogens is 2. The fraction of sp³-hybridized carbons (Fsp3) is 0.545. The zero-order chi connectivity index (χ0) is 16.0. The van der Waals surface area contributed by atoms with E-state index >= 15 is 0 Å². The van der Waals surface area contributed by atoms with Gasteiger partial charge < -0.3 is 14.6 Å². The van der Waals surface area contributed by atoms with Crippen molar-refractivity contribution in [2.45, 2.75) is 18.4 Å². The summed E-state index contributed by atoms with van der Waals surface area (Å²) in [4.78, 5) is 27.3. The molecule has 0 spiro atoms. The molecule has 1 amide bonds. The van der Waals surface area contributed by atoms with Gasteiger partial charge in [0.25, 0.3) is 10.0 Å². The van der Waals surface area contributed by atoms with Crippen LogP contribution >= 0.6 is 0 Å². The summed E-state index contributed by atoms with van der Waals surface area (Å²) < 4.78 is 27.3. The van der Waals surface area contributed by atoms with Gasteiger partial charge in [-0.2, -0.15) is 0 Å². The molecule has 0 fully saturated rings.